The second-order valence-electron chi connectivity index (χ2n) is 28.3. The summed E-state index contributed by atoms with van der Waals surface area (Å²) in [6, 6.07) is 9.64. The number of hydrogen-bond donors (Lipinski definition) is 15. The number of aromatic nitrogens is 4. The number of hydrogen-bond acceptors (Lipinski definition) is 19. The summed E-state index contributed by atoms with van der Waals surface area (Å²) < 4.78 is 51.4. The predicted octanol–water partition coefficient (Wildman–Crippen LogP) is 1.84. The Bertz CT molecular complexity index is 4540. The van der Waals surface area contributed by atoms with E-state index in [9.17, 15) is 48.6 Å². The van der Waals surface area contributed by atoms with Gasteiger partial charge < -0.3 is 97.6 Å². The highest BCUT2D eigenvalue weighted by molar-refractivity contribution is 7.98. The number of carboxylic acid groups (broad SMARTS) is 1. The number of nitrogens with one attached hydrogen (secondary N) is 13. The van der Waals surface area contributed by atoms with Crippen LogP contribution in [-0.2, 0) is 114 Å². The Labute approximate surface area is 675 Å². The Hall–Kier alpha value is -11.0. The van der Waals surface area contributed by atoms with Crippen molar-refractivity contribution in [2.45, 2.75) is 143 Å². The molecular formula is C79H100F2N15O18S2+. The minimum Gasteiger partial charge on any atom is -0.508 e. The third-order valence-electron chi connectivity index (χ3n) is 19.5. The van der Waals surface area contributed by atoms with Crippen molar-refractivity contribution in [1.29, 1.82) is 0 Å². The van der Waals surface area contributed by atoms with Crippen molar-refractivity contribution < 1.29 is 100 Å². The number of halogens is 2. The molecule has 2 aliphatic rings. The number of carbonyl (C=O) groups excluding carboxylic acids is 11. The minimum absolute atomic E-state index is 0.00526. The maximum absolute atomic E-state index is 15.3. The number of carboxylic acids is 1. The van der Waals surface area contributed by atoms with E-state index in [1.165, 1.54) is 115 Å². The van der Waals surface area contributed by atoms with Crippen LogP contribution in [0.1, 0.15) is 91.8 Å². The molecule has 2 bridgehead atoms. The number of primary amides is 1. The number of aliphatic carboxylic acids is 1. The number of unbranched alkanes of at least 4 members (excludes halogenated alkanes) is 1. The number of nitrogens with zero attached hydrogens (tertiary/aromatic N) is 1. The Kier molecular flexibility index (Phi) is 34.3. The lowest BCUT2D eigenvalue weighted by Crippen LogP contribution is -2.63. The highest BCUT2D eigenvalue weighted by atomic mass is 32.2. The summed E-state index contributed by atoms with van der Waals surface area (Å²) in [5.74, 6) is -11.4. The number of rotatable bonds is 28. The first kappa shape index (κ1) is 89.0. The fourth-order valence-electron chi connectivity index (χ4n) is 13.3. The minimum atomic E-state index is -2.07. The molecule has 1 saturated heterocycles. The molecule has 2 aliphatic heterocycles. The molecule has 4 aromatic carbocycles. The van der Waals surface area contributed by atoms with E-state index in [1.807, 2.05) is 24.3 Å². The smallest absolute Gasteiger partial charge is 0.305 e. The van der Waals surface area contributed by atoms with E-state index >= 15 is 28.0 Å². The molecule has 624 valence electrons. The third-order valence-corrected chi connectivity index (χ3v) is 21.7. The van der Waals surface area contributed by atoms with Crippen LogP contribution < -0.4 is 58.6 Å². The Balaban J connectivity index is 1.00. The van der Waals surface area contributed by atoms with Gasteiger partial charge in [-0.3, -0.25) is 62.5 Å². The van der Waals surface area contributed by atoms with Gasteiger partial charge in [0.25, 0.3) is 0 Å². The van der Waals surface area contributed by atoms with Gasteiger partial charge in [-0.1, -0.05) is 36.4 Å². The number of aromatic amines is 4. The fraction of sp³-hybridized carbons (Fsp3) is 0.456. The molecule has 8 atom stereocenters. The van der Waals surface area contributed by atoms with E-state index in [4.69, 9.17) is 24.7 Å². The molecule has 0 spiro atoms. The maximum atomic E-state index is 15.3. The molecule has 5 heterocycles. The number of phenolic OH excluding ortho intramolecular Hbond substituents is 1. The number of ether oxygens (including phenoxy) is 4. The Morgan fingerprint density at radius 3 is 1.83 bits per heavy atom. The zero-order valence-electron chi connectivity index (χ0n) is 64.3. The van der Waals surface area contributed by atoms with Crippen molar-refractivity contribution in [3.8, 4) is 5.75 Å². The maximum Gasteiger partial charge on any atom is 0.305 e. The molecule has 1 fully saturated rings. The van der Waals surface area contributed by atoms with Crippen molar-refractivity contribution in [1.82, 2.24) is 67.7 Å². The molecule has 9 rings (SSSR count). The van der Waals surface area contributed by atoms with Crippen molar-refractivity contribution in [3.05, 3.63) is 155 Å². The highest BCUT2D eigenvalue weighted by Crippen LogP contribution is 2.32. The van der Waals surface area contributed by atoms with Crippen LogP contribution in [0, 0.1) is 11.6 Å². The van der Waals surface area contributed by atoms with Crippen molar-refractivity contribution >= 4 is 116 Å². The SMILES string of the molecule is COCCOCCOCCOCCC(=O)NCCCC[C@@H]1NC(=O)CCSCc2cccc(c2)CSC[C@@H](C(N)=O)NC(=O)[C@]2(C)CCCN2C(=O)[C@H](Cc2ccc(O)cc2)NC(=O)[C@H](Cc2c[nH+]c[nH]2)NC(=O)[C@H](CC(=O)O)NC(=O)[C@H](Cc2c[nH]c3ccc(F)cc23)NC(=O)[C@H](Cc2c[nH]c3ccc(F)cc23)NC(=O)CNC1=O. The summed E-state index contributed by atoms with van der Waals surface area (Å²) in [4.78, 5) is 185. The summed E-state index contributed by atoms with van der Waals surface area (Å²) in [6.07, 6.45) is 4.19. The Morgan fingerprint density at radius 2 is 1.22 bits per heavy atom. The van der Waals surface area contributed by atoms with Crippen LogP contribution in [0.2, 0.25) is 0 Å². The van der Waals surface area contributed by atoms with Gasteiger partial charge in [0.05, 0.1) is 59.2 Å². The topological polar surface area (TPSA) is 481 Å². The van der Waals surface area contributed by atoms with E-state index in [0.29, 0.717) is 97.2 Å². The van der Waals surface area contributed by atoms with E-state index < -0.39 is 150 Å². The molecule has 0 unspecified atom stereocenters. The van der Waals surface area contributed by atoms with E-state index in [2.05, 4.69) is 67.8 Å². The lowest BCUT2D eigenvalue weighted by molar-refractivity contribution is -0.376. The van der Waals surface area contributed by atoms with E-state index in [-0.39, 0.29) is 98.8 Å². The van der Waals surface area contributed by atoms with Crippen molar-refractivity contribution in [2.24, 2.45) is 5.73 Å². The zero-order chi connectivity index (χ0) is 83.1. The van der Waals surface area contributed by atoms with E-state index in [0.717, 1.165) is 17.2 Å². The largest absolute Gasteiger partial charge is 0.508 e. The van der Waals surface area contributed by atoms with Gasteiger partial charge in [-0.15, -0.1) is 0 Å². The van der Waals surface area contributed by atoms with Gasteiger partial charge in [-0.25, -0.2) is 13.8 Å². The number of amides is 11. The normalized spacial score (nSPS) is 21.3. The van der Waals surface area contributed by atoms with Gasteiger partial charge >= 0.3 is 5.97 Å². The lowest BCUT2D eigenvalue weighted by atomic mass is 9.95. The predicted molar refractivity (Wildman–Crippen MR) is 423 cm³/mol. The molecule has 33 nitrogen and oxygen atoms in total. The molecule has 3 aromatic heterocycles. The number of fused-ring (bicyclic) bond motifs is 5. The molecule has 116 heavy (non-hydrogen) atoms. The number of carbonyl (C=O) groups is 12. The summed E-state index contributed by atoms with van der Waals surface area (Å²) in [5, 5.41) is 45.1. The van der Waals surface area contributed by atoms with Crippen LogP contribution in [0.3, 0.4) is 0 Å². The quantitative estimate of drug-likeness (QED) is 0.0311. The third kappa shape index (κ3) is 27.3. The van der Waals surface area contributed by atoms with E-state index in [1.54, 1.807) is 7.11 Å². The summed E-state index contributed by atoms with van der Waals surface area (Å²) >= 11 is 2.75. The number of imidazole rings is 1. The van der Waals surface area contributed by atoms with Gasteiger partial charge in [0, 0.05) is 116 Å². The number of benzene rings is 4. The standard InChI is InChI=1S/C79H99F2N15O18S2/c1-79-20-6-22-96(79)77(109)65(32-47-10-14-55(97)15-11-47)94-75(107)63(37-54-41-83-46-88-54)92-76(108)64(38-70(101)102)93-74(106)62(34-51-40-86-59-17-13-53(81)36-57(51)59)91-73(105)61(33-50-39-85-58-16-12-52(80)35-56(50)58)90-69(100)42-87-72(104)60(9-3-4-21-84-67(98)18-23-112-26-27-114-29-28-113-25-24-111-2)89-68(99)19-30-115-43-48-7-5-8-49(31-48)44-116-45-66(71(82)103)95-78(79)110/h5,7-8,10-17,31,35-36,39-41,46,60-66,85-86,97H,3-4,6,9,18-30,32-34,37-38,42-45H2,1-2H3,(H2,82,103)(H,83,88)(H,84,98)(H,87,104)(H,89,99)(H,90,100)(H,91,105)(H,92,108)(H,93,106)(H,94,107)(H,95,110)(H,101,102)/p+1/t60-,61-,62-,63-,64-,65-,66-,79-/m0/s1. The van der Waals surface area contributed by atoms with Crippen LogP contribution in [-0.4, -0.2) is 233 Å². The van der Waals surface area contributed by atoms with Crippen molar-refractivity contribution in [2.75, 3.05) is 84.5 Å². The molecular weight excluding hydrogens is 1550 g/mol. The lowest BCUT2D eigenvalue weighted by Gasteiger charge is -2.37. The van der Waals surface area contributed by atoms with Crippen LogP contribution in [0.25, 0.3) is 21.8 Å². The first-order chi connectivity index (χ1) is 55.8. The number of H-pyrrole nitrogens is 4. The first-order valence-electron chi connectivity index (χ1n) is 38.1. The first-order valence-corrected chi connectivity index (χ1v) is 40.4. The monoisotopic (exact) mass is 1650 g/mol. The molecule has 17 N–H and O–H groups in total. The molecule has 7 aromatic rings. The Morgan fingerprint density at radius 1 is 0.638 bits per heavy atom. The summed E-state index contributed by atoms with van der Waals surface area (Å²) in [7, 11) is 1.58. The zero-order valence-corrected chi connectivity index (χ0v) is 66.0. The number of thioether (sulfide) groups is 2. The van der Waals surface area contributed by atoms with Crippen LogP contribution in [0.4, 0.5) is 8.78 Å². The number of methoxy groups -OCH3 is 1. The fourth-order valence-corrected chi connectivity index (χ4v) is 15.2. The average Bonchev–Trinajstić information content (AvgIpc) is 1.59. The average molecular weight is 1650 g/mol. The van der Waals surface area contributed by atoms with Gasteiger partial charge in [-0.05, 0) is 115 Å². The van der Waals surface area contributed by atoms with Crippen molar-refractivity contribution in [3.63, 3.8) is 0 Å². The molecule has 0 saturated carbocycles. The van der Waals surface area contributed by atoms with Gasteiger partial charge in [0.1, 0.15) is 77.1 Å². The van der Waals surface area contributed by atoms with Crippen LogP contribution in [0.15, 0.2) is 110 Å². The highest BCUT2D eigenvalue weighted by Gasteiger charge is 2.49. The molecule has 11 amide bonds. The number of nitrogens with two attached hydrogens (primary N) is 1. The molecule has 37 heteroatoms. The molecule has 0 radical (unpaired) electrons. The van der Waals surface area contributed by atoms with Gasteiger partial charge in [0.15, 0.2) is 0 Å². The number of phenols is 1. The van der Waals surface area contributed by atoms with Crippen LogP contribution >= 0.6 is 23.5 Å². The molecule has 0 aliphatic carbocycles. The number of aromatic hydroxyl groups is 1. The van der Waals surface area contributed by atoms with Gasteiger partial charge in [0.2, 0.25) is 71.3 Å². The van der Waals surface area contributed by atoms with Gasteiger partial charge in [-0.2, -0.15) is 23.5 Å². The summed E-state index contributed by atoms with van der Waals surface area (Å²) in [6.45, 7) is 3.29. The van der Waals surface area contributed by atoms with Crippen LogP contribution in [0.5, 0.6) is 5.75 Å². The second-order valence-corrected chi connectivity index (χ2v) is 30.4. The second kappa shape index (κ2) is 44.8. The summed E-state index contributed by atoms with van der Waals surface area (Å²) in [5.41, 5.74) is 8.12.